The van der Waals surface area contributed by atoms with Crippen molar-refractivity contribution in [2.75, 3.05) is 0 Å². The maximum absolute atomic E-state index is 12.0. The quantitative estimate of drug-likeness (QED) is 0.745. The van der Waals surface area contributed by atoms with E-state index in [2.05, 4.69) is 20.4 Å². The zero-order valence-corrected chi connectivity index (χ0v) is 14.6. The van der Waals surface area contributed by atoms with Gasteiger partial charge in [0.25, 0.3) is 5.91 Å². The lowest BCUT2D eigenvalue weighted by molar-refractivity contribution is 0.0946. The number of aryl methyl sites for hydroxylation is 2. The Kier molecular flexibility index (Phi) is 4.59. The Bertz CT molecular complexity index is 863. The van der Waals surface area contributed by atoms with Crippen LogP contribution in [0.3, 0.4) is 0 Å². The number of carbonyl (C=O) groups excluding carboxylic acids is 1. The summed E-state index contributed by atoms with van der Waals surface area (Å²) in [6.45, 7) is 4.26. The van der Waals surface area contributed by atoms with Crippen molar-refractivity contribution >= 4 is 29.1 Å². The Hall–Kier alpha value is -2.31. The fraction of sp³-hybridized carbons (Fsp3) is 0.188. The van der Waals surface area contributed by atoms with Gasteiger partial charge in [-0.3, -0.25) is 4.79 Å². The van der Waals surface area contributed by atoms with Gasteiger partial charge in [-0.25, -0.2) is 9.67 Å². The highest BCUT2D eigenvalue weighted by atomic mass is 35.5. The molecule has 3 rings (SSSR count). The van der Waals surface area contributed by atoms with Crippen LogP contribution in [0, 0.1) is 13.8 Å². The second-order valence-corrected chi connectivity index (χ2v) is 6.18. The lowest BCUT2D eigenvalue weighted by atomic mass is 10.2. The third kappa shape index (κ3) is 3.44. The molecule has 0 fully saturated rings. The third-order valence-corrected chi connectivity index (χ3v) is 4.15. The molecule has 0 bridgehead atoms. The Balaban J connectivity index is 1.66. The van der Waals surface area contributed by atoms with E-state index in [4.69, 9.17) is 23.2 Å². The minimum absolute atomic E-state index is 0.248. The number of aromatic nitrogens is 4. The van der Waals surface area contributed by atoms with Crippen molar-refractivity contribution in [1.82, 2.24) is 25.1 Å². The van der Waals surface area contributed by atoms with Crippen LogP contribution in [-0.2, 0) is 6.54 Å². The van der Waals surface area contributed by atoms with Crippen LogP contribution >= 0.6 is 23.2 Å². The van der Waals surface area contributed by atoms with Crippen LogP contribution in [0.5, 0.6) is 0 Å². The standard InChI is InChI=1S/C16H15Cl2N5O/c1-9-5-10(2)23(22-9)14-4-3-11(7-19-14)8-20-16(24)13-6-12(17)15(18)21-13/h3-7,21H,8H2,1-2H3,(H,20,24). The molecule has 3 heterocycles. The Morgan fingerprint density at radius 2 is 2.08 bits per heavy atom. The predicted molar refractivity (Wildman–Crippen MR) is 92.8 cm³/mol. The van der Waals surface area contributed by atoms with Crippen molar-refractivity contribution in [2.45, 2.75) is 20.4 Å². The molecule has 0 unspecified atom stereocenters. The van der Waals surface area contributed by atoms with Gasteiger partial charge >= 0.3 is 0 Å². The molecule has 124 valence electrons. The average molecular weight is 364 g/mol. The monoisotopic (exact) mass is 363 g/mol. The number of halogens is 2. The summed E-state index contributed by atoms with van der Waals surface area (Å²) in [4.78, 5) is 19.1. The topological polar surface area (TPSA) is 75.6 Å². The molecule has 0 spiro atoms. The molecule has 0 atom stereocenters. The molecule has 0 aliphatic rings. The highest BCUT2D eigenvalue weighted by molar-refractivity contribution is 6.41. The molecule has 6 nitrogen and oxygen atoms in total. The van der Waals surface area contributed by atoms with Gasteiger partial charge in [-0.2, -0.15) is 5.10 Å². The van der Waals surface area contributed by atoms with Crippen LogP contribution in [0.2, 0.25) is 10.2 Å². The van der Waals surface area contributed by atoms with E-state index < -0.39 is 0 Å². The molecule has 0 aliphatic carbocycles. The number of hydrogen-bond donors (Lipinski definition) is 2. The molecule has 8 heteroatoms. The number of rotatable bonds is 4. The normalized spacial score (nSPS) is 10.8. The van der Waals surface area contributed by atoms with E-state index in [1.165, 1.54) is 6.07 Å². The molecule has 0 aromatic carbocycles. The maximum Gasteiger partial charge on any atom is 0.268 e. The van der Waals surface area contributed by atoms with E-state index in [1.807, 2.05) is 32.0 Å². The second kappa shape index (κ2) is 6.67. The second-order valence-electron chi connectivity index (χ2n) is 5.39. The summed E-state index contributed by atoms with van der Waals surface area (Å²) < 4.78 is 1.78. The number of aromatic amines is 1. The first-order chi connectivity index (χ1) is 11.4. The summed E-state index contributed by atoms with van der Waals surface area (Å²) in [6.07, 6.45) is 1.71. The Morgan fingerprint density at radius 1 is 1.29 bits per heavy atom. The Morgan fingerprint density at radius 3 is 2.62 bits per heavy atom. The zero-order chi connectivity index (χ0) is 17.3. The molecule has 0 radical (unpaired) electrons. The van der Waals surface area contributed by atoms with Crippen LogP contribution in [0.15, 0.2) is 30.5 Å². The summed E-state index contributed by atoms with van der Waals surface area (Å²) in [5.41, 5.74) is 3.14. The zero-order valence-electron chi connectivity index (χ0n) is 13.1. The van der Waals surface area contributed by atoms with Gasteiger partial charge in [-0.05, 0) is 37.6 Å². The lowest BCUT2D eigenvalue weighted by Crippen LogP contribution is -2.23. The molecule has 3 aromatic rings. The molecular formula is C16H15Cl2N5O. The smallest absolute Gasteiger partial charge is 0.268 e. The number of H-pyrrole nitrogens is 1. The average Bonchev–Trinajstić information content (AvgIpc) is 3.07. The molecule has 0 saturated heterocycles. The van der Waals surface area contributed by atoms with Crippen molar-refractivity contribution in [3.63, 3.8) is 0 Å². The molecule has 24 heavy (non-hydrogen) atoms. The minimum atomic E-state index is -0.286. The van der Waals surface area contributed by atoms with Crippen molar-refractivity contribution in [1.29, 1.82) is 0 Å². The SMILES string of the molecule is Cc1cc(C)n(-c2ccc(CNC(=O)c3cc(Cl)c(Cl)[nH]3)cn2)n1. The van der Waals surface area contributed by atoms with Crippen LogP contribution in [0.25, 0.3) is 5.82 Å². The van der Waals surface area contributed by atoms with E-state index in [0.717, 1.165) is 22.8 Å². The molecule has 0 aliphatic heterocycles. The van der Waals surface area contributed by atoms with E-state index in [9.17, 15) is 4.79 Å². The van der Waals surface area contributed by atoms with E-state index >= 15 is 0 Å². The van der Waals surface area contributed by atoms with Gasteiger partial charge in [-0.15, -0.1) is 0 Å². The number of nitrogens with zero attached hydrogens (tertiary/aromatic N) is 3. The first-order valence-corrected chi connectivity index (χ1v) is 8.00. The lowest BCUT2D eigenvalue weighted by Gasteiger charge is -2.06. The number of nitrogens with one attached hydrogen (secondary N) is 2. The van der Waals surface area contributed by atoms with Crippen LogP contribution in [0.4, 0.5) is 0 Å². The van der Waals surface area contributed by atoms with Gasteiger partial charge in [0.05, 0.1) is 10.7 Å². The van der Waals surface area contributed by atoms with Crippen molar-refractivity contribution < 1.29 is 4.79 Å². The van der Waals surface area contributed by atoms with Crippen LogP contribution < -0.4 is 5.32 Å². The van der Waals surface area contributed by atoms with Gasteiger partial charge in [0, 0.05) is 18.4 Å². The highest BCUT2D eigenvalue weighted by Crippen LogP contribution is 2.21. The first-order valence-electron chi connectivity index (χ1n) is 7.25. The summed E-state index contributed by atoms with van der Waals surface area (Å²) >= 11 is 11.6. The highest BCUT2D eigenvalue weighted by Gasteiger charge is 2.11. The molecule has 1 amide bonds. The summed E-state index contributed by atoms with van der Waals surface area (Å²) in [7, 11) is 0. The number of pyridine rings is 1. The summed E-state index contributed by atoms with van der Waals surface area (Å²) in [5.74, 6) is 0.449. The minimum Gasteiger partial charge on any atom is -0.347 e. The molecule has 3 aromatic heterocycles. The molecule has 2 N–H and O–H groups in total. The van der Waals surface area contributed by atoms with Crippen LogP contribution in [-0.4, -0.2) is 25.7 Å². The van der Waals surface area contributed by atoms with Gasteiger partial charge < -0.3 is 10.3 Å². The first kappa shape index (κ1) is 16.5. The van der Waals surface area contributed by atoms with E-state index in [1.54, 1.807) is 10.9 Å². The fourth-order valence-electron chi connectivity index (χ4n) is 2.31. The largest absolute Gasteiger partial charge is 0.347 e. The van der Waals surface area contributed by atoms with Crippen molar-refractivity contribution in [3.8, 4) is 5.82 Å². The van der Waals surface area contributed by atoms with Crippen molar-refractivity contribution in [3.05, 3.63) is 63.3 Å². The van der Waals surface area contributed by atoms with E-state index in [0.29, 0.717) is 17.3 Å². The van der Waals surface area contributed by atoms with Gasteiger partial charge in [0.2, 0.25) is 0 Å². The number of carbonyl (C=O) groups is 1. The molecule has 0 saturated carbocycles. The number of hydrogen-bond acceptors (Lipinski definition) is 3. The van der Waals surface area contributed by atoms with Crippen molar-refractivity contribution in [2.24, 2.45) is 0 Å². The Labute approximate surface area is 148 Å². The fourth-order valence-corrected chi connectivity index (χ4v) is 2.62. The van der Waals surface area contributed by atoms with Gasteiger partial charge in [0.15, 0.2) is 5.82 Å². The maximum atomic E-state index is 12.0. The predicted octanol–water partition coefficient (Wildman–Crippen LogP) is 3.45. The van der Waals surface area contributed by atoms with E-state index in [-0.39, 0.29) is 11.1 Å². The summed E-state index contributed by atoms with van der Waals surface area (Å²) in [5, 5.41) is 7.74. The van der Waals surface area contributed by atoms with Gasteiger partial charge in [-0.1, -0.05) is 29.3 Å². The molecular weight excluding hydrogens is 349 g/mol. The van der Waals surface area contributed by atoms with Crippen LogP contribution in [0.1, 0.15) is 27.4 Å². The third-order valence-electron chi connectivity index (χ3n) is 3.46. The van der Waals surface area contributed by atoms with Gasteiger partial charge in [0.1, 0.15) is 10.8 Å². The summed E-state index contributed by atoms with van der Waals surface area (Å²) in [6, 6.07) is 7.24. The number of amides is 1.